The second-order valence-corrected chi connectivity index (χ2v) is 8.74. The highest BCUT2D eigenvalue weighted by atomic mass is 32.1. The van der Waals surface area contributed by atoms with Gasteiger partial charge in [0.1, 0.15) is 0 Å². The van der Waals surface area contributed by atoms with Gasteiger partial charge in [-0.25, -0.2) is 9.97 Å². The van der Waals surface area contributed by atoms with Crippen LogP contribution in [0.15, 0.2) is 35.5 Å². The van der Waals surface area contributed by atoms with Gasteiger partial charge in [-0.15, -0.1) is 0 Å². The Balaban J connectivity index is 1.43. The quantitative estimate of drug-likeness (QED) is 0.534. The number of hydrogen-bond acceptors (Lipinski definition) is 8. The second-order valence-electron chi connectivity index (χ2n) is 6.82. The largest absolute Gasteiger partial charge is 0.347 e. The average Bonchev–Trinajstić information content (AvgIpc) is 3.44. The molecule has 5 heterocycles. The van der Waals surface area contributed by atoms with Gasteiger partial charge in [-0.05, 0) is 31.0 Å². The number of aromatic amines is 1. The molecule has 8 nitrogen and oxygen atoms in total. The summed E-state index contributed by atoms with van der Waals surface area (Å²) in [6, 6.07) is 3.96. The highest BCUT2D eigenvalue weighted by Crippen LogP contribution is 2.34. The lowest BCUT2D eigenvalue weighted by Crippen LogP contribution is -2.44. The van der Waals surface area contributed by atoms with Crippen molar-refractivity contribution in [3.8, 4) is 16.3 Å². The highest BCUT2D eigenvalue weighted by Gasteiger charge is 2.22. The number of likely N-dealkylation sites (N-methyl/N-ethyl adjacent to an activating group) is 1. The van der Waals surface area contributed by atoms with Crippen LogP contribution < -0.4 is 15.8 Å². The van der Waals surface area contributed by atoms with Crippen molar-refractivity contribution in [2.24, 2.45) is 0 Å². The minimum Gasteiger partial charge on any atom is -0.347 e. The molecule has 1 atom stereocenters. The number of nitrogens with one attached hydrogen (secondary N) is 2. The topological polar surface area (TPSA) is 91.7 Å². The number of aromatic nitrogens is 5. The Bertz CT molecular complexity index is 1120. The van der Waals surface area contributed by atoms with Crippen LogP contribution in [0.2, 0.25) is 0 Å². The van der Waals surface area contributed by atoms with Gasteiger partial charge in [0.25, 0.3) is 5.56 Å². The summed E-state index contributed by atoms with van der Waals surface area (Å²) in [4.78, 5) is 26.0. The lowest BCUT2D eigenvalue weighted by Gasteiger charge is -2.31. The molecule has 5 rings (SSSR count). The van der Waals surface area contributed by atoms with Gasteiger partial charge in [-0.1, -0.05) is 22.7 Å². The molecule has 0 amide bonds. The Hall–Kier alpha value is -2.56. The fraction of sp³-hybridized carbons (Fsp3) is 0.333. The number of H-pyrrole nitrogens is 1. The maximum absolute atomic E-state index is 12.6. The van der Waals surface area contributed by atoms with Gasteiger partial charge in [0.2, 0.25) is 0 Å². The Morgan fingerprint density at radius 1 is 1.25 bits per heavy atom. The van der Waals surface area contributed by atoms with Crippen molar-refractivity contribution in [2.75, 3.05) is 25.0 Å². The molecule has 1 unspecified atom stereocenters. The van der Waals surface area contributed by atoms with Crippen LogP contribution in [0.25, 0.3) is 25.9 Å². The zero-order chi connectivity index (χ0) is 19.1. The van der Waals surface area contributed by atoms with E-state index in [0.29, 0.717) is 11.2 Å². The molecular formula is C18H19N7OS2. The smallest absolute Gasteiger partial charge is 0.257 e. The summed E-state index contributed by atoms with van der Waals surface area (Å²) in [6.07, 6.45) is 7.58. The predicted molar refractivity (Wildman–Crippen MR) is 113 cm³/mol. The standard InChI is InChI=1S/C18H19N7OS2/c1-24(13-3-2-5-19-10-13)17-22-15-16(27-17)23-18(28-15)25-6-4-11(7-14(25)26)12-8-20-21-9-12/h4,6-9,13,19H,2-3,5,10H2,1H3,(H,20,21). The van der Waals surface area contributed by atoms with E-state index in [4.69, 9.17) is 4.98 Å². The number of thiazole rings is 2. The predicted octanol–water partition coefficient (Wildman–Crippen LogP) is 2.48. The van der Waals surface area contributed by atoms with Crippen LogP contribution in [0.4, 0.5) is 5.13 Å². The molecule has 4 aromatic rings. The molecule has 2 N–H and O–H groups in total. The van der Waals surface area contributed by atoms with Crippen molar-refractivity contribution in [1.82, 2.24) is 30.0 Å². The molecule has 0 saturated carbocycles. The Labute approximate surface area is 168 Å². The third-order valence-corrected chi connectivity index (χ3v) is 7.15. The zero-order valence-corrected chi connectivity index (χ0v) is 16.9. The van der Waals surface area contributed by atoms with Gasteiger partial charge in [0, 0.05) is 43.7 Å². The summed E-state index contributed by atoms with van der Waals surface area (Å²) in [5.41, 5.74) is 1.60. The molecule has 0 spiro atoms. The van der Waals surface area contributed by atoms with Crippen LogP contribution in [-0.2, 0) is 0 Å². The van der Waals surface area contributed by atoms with E-state index in [1.807, 2.05) is 6.07 Å². The van der Waals surface area contributed by atoms with E-state index in [9.17, 15) is 4.79 Å². The van der Waals surface area contributed by atoms with E-state index < -0.39 is 0 Å². The fourth-order valence-corrected chi connectivity index (χ4v) is 5.48. The first kappa shape index (κ1) is 17.5. The molecule has 1 aliphatic heterocycles. The van der Waals surface area contributed by atoms with E-state index in [-0.39, 0.29) is 5.56 Å². The number of piperidine rings is 1. The second kappa shape index (κ2) is 7.12. The number of hydrogen-bond donors (Lipinski definition) is 2. The molecule has 0 aliphatic carbocycles. The molecule has 28 heavy (non-hydrogen) atoms. The molecule has 0 radical (unpaired) electrons. The van der Waals surface area contributed by atoms with E-state index in [1.165, 1.54) is 24.2 Å². The summed E-state index contributed by atoms with van der Waals surface area (Å²) >= 11 is 3.02. The molecule has 0 aromatic carbocycles. The lowest BCUT2D eigenvalue weighted by atomic mass is 10.1. The van der Waals surface area contributed by atoms with Gasteiger partial charge in [0.15, 0.2) is 19.9 Å². The monoisotopic (exact) mass is 413 g/mol. The molecule has 144 valence electrons. The van der Waals surface area contributed by atoms with Crippen LogP contribution in [0, 0.1) is 0 Å². The molecule has 10 heteroatoms. The van der Waals surface area contributed by atoms with Gasteiger partial charge in [-0.2, -0.15) is 5.10 Å². The Morgan fingerprint density at radius 2 is 2.14 bits per heavy atom. The first-order chi connectivity index (χ1) is 13.7. The summed E-state index contributed by atoms with van der Waals surface area (Å²) in [6.45, 7) is 2.08. The number of fused-ring (bicyclic) bond motifs is 1. The Kier molecular flexibility index (Phi) is 4.46. The van der Waals surface area contributed by atoms with Crippen LogP contribution in [0.5, 0.6) is 0 Å². The SMILES string of the molecule is CN(c1nc2sc(-n3ccc(-c4cn[nH]c4)cc3=O)nc2s1)C1CCCNC1. The van der Waals surface area contributed by atoms with E-state index in [2.05, 4.69) is 32.4 Å². The van der Waals surface area contributed by atoms with Gasteiger partial charge < -0.3 is 10.2 Å². The molecule has 1 fully saturated rings. The van der Waals surface area contributed by atoms with Crippen LogP contribution in [0.1, 0.15) is 12.8 Å². The minimum absolute atomic E-state index is 0.120. The summed E-state index contributed by atoms with van der Waals surface area (Å²) < 4.78 is 1.57. The highest BCUT2D eigenvalue weighted by molar-refractivity contribution is 7.29. The lowest BCUT2D eigenvalue weighted by molar-refractivity contribution is 0.445. The fourth-order valence-electron chi connectivity index (χ4n) is 3.42. The third kappa shape index (κ3) is 3.13. The van der Waals surface area contributed by atoms with E-state index in [1.54, 1.807) is 40.6 Å². The van der Waals surface area contributed by atoms with E-state index >= 15 is 0 Å². The maximum atomic E-state index is 12.6. The molecule has 1 saturated heterocycles. The third-order valence-electron chi connectivity index (χ3n) is 5.03. The van der Waals surface area contributed by atoms with Gasteiger partial charge in [0.05, 0.1) is 6.20 Å². The van der Waals surface area contributed by atoms with E-state index in [0.717, 1.165) is 39.0 Å². The summed E-state index contributed by atoms with van der Waals surface area (Å²) in [5, 5.41) is 11.8. The zero-order valence-electron chi connectivity index (χ0n) is 15.3. The first-order valence-electron chi connectivity index (χ1n) is 9.12. The van der Waals surface area contributed by atoms with Crippen molar-refractivity contribution < 1.29 is 0 Å². The van der Waals surface area contributed by atoms with Crippen molar-refractivity contribution in [3.05, 3.63) is 41.1 Å². The Morgan fingerprint density at radius 3 is 2.86 bits per heavy atom. The summed E-state index contributed by atoms with van der Waals surface area (Å²) in [5.74, 6) is 0. The number of pyridine rings is 1. The number of nitrogens with zero attached hydrogens (tertiary/aromatic N) is 5. The van der Waals surface area contributed by atoms with Gasteiger partial charge in [-0.3, -0.25) is 14.5 Å². The molecule has 1 aliphatic rings. The number of rotatable bonds is 4. The summed E-state index contributed by atoms with van der Waals surface area (Å²) in [7, 11) is 2.10. The first-order valence-corrected chi connectivity index (χ1v) is 10.8. The normalized spacial score (nSPS) is 17.2. The van der Waals surface area contributed by atoms with Crippen molar-refractivity contribution in [3.63, 3.8) is 0 Å². The van der Waals surface area contributed by atoms with Crippen LogP contribution >= 0.6 is 22.7 Å². The maximum Gasteiger partial charge on any atom is 0.257 e. The minimum atomic E-state index is -0.120. The van der Waals surface area contributed by atoms with Crippen molar-refractivity contribution in [2.45, 2.75) is 18.9 Å². The van der Waals surface area contributed by atoms with Crippen molar-refractivity contribution in [1.29, 1.82) is 0 Å². The number of anilines is 1. The van der Waals surface area contributed by atoms with Gasteiger partial charge >= 0.3 is 0 Å². The molecular weight excluding hydrogens is 394 g/mol. The molecule has 4 aromatic heterocycles. The van der Waals surface area contributed by atoms with Crippen molar-refractivity contribution >= 4 is 37.5 Å². The average molecular weight is 414 g/mol. The van der Waals surface area contributed by atoms with Crippen LogP contribution in [0.3, 0.4) is 0 Å². The molecule has 0 bridgehead atoms. The van der Waals surface area contributed by atoms with Crippen LogP contribution in [-0.4, -0.2) is 50.9 Å².